The van der Waals surface area contributed by atoms with Crippen LogP contribution in [0.3, 0.4) is 0 Å². The van der Waals surface area contributed by atoms with Crippen LogP contribution in [0.25, 0.3) is 16.5 Å². The summed E-state index contributed by atoms with van der Waals surface area (Å²) < 4.78 is 30.0. The zero-order chi connectivity index (χ0) is 20.6. The Kier molecular flexibility index (Phi) is 4.95. The molecule has 10 heteroatoms. The number of nitrogens with two attached hydrogens (primary N) is 1. The topological polar surface area (TPSA) is 110 Å². The minimum Gasteiger partial charge on any atom is -0.494 e. The molecule has 4 N–H and O–H groups in total. The maximum absolute atomic E-state index is 12.2. The first-order chi connectivity index (χ1) is 13.8. The van der Waals surface area contributed by atoms with Gasteiger partial charge in [-0.3, -0.25) is 4.57 Å². The number of benzene rings is 2. The molecule has 29 heavy (non-hydrogen) atoms. The van der Waals surface area contributed by atoms with Gasteiger partial charge in [0, 0.05) is 28.3 Å². The van der Waals surface area contributed by atoms with Crippen molar-refractivity contribution < 1.29 is 13.5 Å². The van der Waals surface area contributed by atoms with Crippen molar-refractivity contribution in [2.24, 2.45) is 10.1 Å². The SMILES string of the molecule is NC(=NS(=O)(=O)c1ccc(Cl)s1)Nc1ccc(-n2cc3ccccc3c2O)cc1. The Balaban J connectivity index is 1.55. The van der Waals surface area contributed by atoms with Crippen molar-refractivity contribution in [2.45, 2.75) is 4.21 Å². The number of sulfonamides is 1. The fourth-order valence-electron chi connectivity index (χ4n) is 2.83. The molecular weight excluding hydrogens is 432 g/mol. The van der Waals surface area contributed by atoms with Crippen LogP contribution in [0.5, 0.6) is 5.88 Å². The Labute approximate surface area is 175 Å². The van der Waals surface area contributed by atoms with Crippen LogP contribution in [-0.4, -0.2) is 24.1 Å². The molecule has 2 aromatic heterocycles. The average Bonchev–Trinajstić information content (AvgIpc) is 3.27. The second-order valence-corrected chi connectivity index (χ2v) is 9.64. The van der Waals surface area contributed by atoms with Crippen LogP contribution in [0.4, 0.5) is 5.69 Å². The highest BCUT2D eigenvalue weighted by Crippen LogP contribution is 2.30. The predicted octanol–water partition coefficient (Wildman–Crippen LogP) is 4.17. The molecular formula is C19H15ClN4O3S2. The molecule has 0 aliphatic heterocycles. The largest absolute Gasteiger partial charge is 0.494 e. The minimum atomic E-state index is -3.93. The van der Waals surface area contributed by atoms with Gasteiger partial charge in [0.05, 0.1) is 4.34 Å². The molecule has 0 fully saturated rings. The smallest absolute Gasteiger partial charge is 0.295 e. The number of hydrogen-bond donors (Lipinski definition) is 3. The van der Waals surface area contributed by atoms with Gasteiger partial charge < -0.3 is 16.2 Å². The molecule has 0 saturated carbocycles. The predicted molar refractivity (Wildman–Crippen MR) is 117 cm³/mol. The maximum Gasteiger partial charge on any atom is 0.295 e. The second-order valence-electron chi connectivity index (χ2n) is 6.09. The van der Waals surface area contributed by atoms with Crippen LogP contribution in [0, 0.1) is 0 Å². The molecule has 0 aliphatic rings. The molecule has 7 nitrogen and oxygen atoms in total. The van der Waals surface area contributed by atoms with Gasteiger partial charge in [0.2, 0.25) is 11.8 Å². The van der Waals surface area contributed by atoms with E-state index in [0.717, 1.165) is 27.8 Å². The van der Waals surface area contributed by atoms with Gasteiger partial charge in [0.15, 0.2) is 0 Å². The van der Waals surface area contributed by atoms with Crippen molar-refractivity contribution in [1.82, 2.24) is 4.57 Å². The van der Waals surface area contributed by atoms with Crippen LogP contribution in [0.2, 0.25) is 4.34 Å². The Hall–Kier alpha value is -3.01. The first kappa shape index (κ1) is 19.3. The number of aromatic hydroxyl groups is 1. The van der Waals surface area contributed by atoms with Crippen LogP contribution in [0.1, 0.15) is 0 Å². The van der Waals surface area contributed by atoms with Gasteiger partial charge in [-0.25, -0.2) is 0 Å². The summed E-state index contributed by atoms with van der Waals surface area (Å²) in [6.45, 7) is 0. The fourth-order valence-corrected chi connectivity index (χ4v) is 5.18. The number of halogens is 1. The lowest BCUT2D eigenvalue weighted by Gasteiger charge is -2.08. The molecule has 0 amide bonds. The lowest BCUT2D eigenvalue weighted by atomic mass is 10.2. The highest BCUT2D eigenvalue weighted by Gasteiger charge is 2.16. The molecule has 0 saturated heterocycles. The van der Waals surface area contributed by atoms with E-state index in [-0.39, 0.29) is 16.0 Å². The van der Waals surface area contributed by atoms with Gasteiger partial charge in [-0.1, -0.05) is 29.8 Å². The highest BCUT2D eigenvalue weighted by molar-refractivity contribution is 7.92. The molecule has 0 spiro atoms. The number of anilines is 1. The van der Waals surface area contributed by atoms with E-state index in [1.54, 1.807) is 28.8 Å². The second kappa shape index (κ2) is 7.43. The number of fused-ring (bicyclic) bond motifs is 1. The number of aromatic nitrogens is 1. The normalized spacial score (nSPS) is 12.4. The summed E-state index contributed by atoms with van der Waals surface area (Å²) >= 11 is 6.68. The van der Waals surface area contributed by atoms with Gasteiger partial charge in [-0.05, 0) is 42.5 Å². The molecule has 148 valence electrons. The van der Waals surface area contributed by atoms with Crippen molar-refractivity contribution in [3.05, 3.63) is 71.2 Å². The molecule has 4 aromatic rings. The van der Waals surface area contributed by atoms with Crippen LogP contribution >= 0.6 is 22.9 Å². The summed E-state index contributed by atoms with van der Waals surface area (Å²) in [6, 6.07) is 17.3. The standard InChI is InChI=1S/C19H15ClN4O3S2/c20-16-9-10-17(28-16)29(26,27)23-19(21)22-13-5-7-14(8-6-13)24-11-12-3-1-2-4-15(12)18(24)25/h1-11,25H,(H3,21,22,23). The number of rotatable bonds is 4. The lowest BCUT2D eigenvalue weighted by Crippen LogP contribution is -2.23. The zero-order valence-electron chi connectivity index (χ0n) is 14.8. The lowest BCUT2D eigenvalue weighted by molar-refractivity contribution is 0.448. The van der Waals surface area contributed by atoms with Gasteiger partial charge in [0.1, 0.15) is 4.21 Å². The number of hydrogen-bond acceptors (Lipinski definition) is 4. The van der Waals surface area contributed by atoms with Crippen molar-refractivity contribution in [1.29, 1.82) is 0 Å². The van der Waals surface area contributed by atoms with Gasteiger partial charge in [-0.2, -0.15) is 8.42 Å². The van der Waals surface area contributed by atoms with E-state index in [1.165, 1.54) is 12.1 Å². The molecule has 0 aliphatic carbocycles. The third-order valence-electron chi connectivity index (χ3n) is 4.14. The molecule has 2 heterocycles. The maximum atomic E-state index is 12.2. The average molecular weight is 447 g/mol. The Morgan fingerprint density at radius 2 is 1.83 bits per heavy atom. The third-order valence-corrected chi connectivity index (χ3v) is 7.13. The summed E-state index contributed by atoms with van der Waals surface area (Å²) in [7, 11) is -3.93. The molecule has 0 radical (unpaired) electrons. The van der Waals surface area contributed by atoms with Crippen LogP contribution in [-0.2, 0) is 10.0 Å². The quantitative estimate of drug-likeness (QED) is 0.322. The minimum absolute atomic E-state index is 0.0118. The first-order valence-corrected chi connectivity index (χ1v) is 11.0. The monoisotopic (exact) mass is 446 g/mol. The van der Waals surface area contributed by atoms with Crippen molar-refractivity contribution in [3.63, 3.8) is 0 Å². The number of thiophene rings is 1. The number of nitrogens with zero attached hydrogens (tertiary/aromatic N) is 2. The molecule has 0 bridgehead atoms. The fraction of sp³-hybridized carbons (Fsp3) is 0. The molecule has 0 atom stereocenters. The molecule has 4 rings (SSSR count). The summed E-state index contributed by atoms with van der Waals surface area (Å²) in [4.78, 5) is 0. The van der Waals surface area contributed by atoms with E-state index in [2.05, 4.69) is 9.71 Å². The van der Waals surface area contributed by atoms with Gasteiger partial charge in [0.25, 0.3) is 10.0 Å². The Morgan fingerprint density at radius 3 is 2.48 bits per heavy atom. The van der Waals surface area contributed by atoms with Crippen molar-refractivity contribution in [3.8, 4) is 11.6 Å². The van der Waals surface area contributed by atoms with E-state index in [9.17, 15) is 13.5 Å². The summed E-state index contributed by atoms with van der Waals surface area (Å²) in [5.74, 6) is -0.125. The van der Waals surface area contributed by atoms with Crippen molar-refractivity contribution in [2.75, 3.05) is 5.32 Å². The third kappa shape index (κ3) is 3.93. The van der Waals surface area contributed by atoms with E-state index < -0.39 is 10.0 Å². The zero-order valence-corrected chi connectivity index (χ0v) is 17.2. The Morgan fingerprint density at radius 1 is 1.10 bits per heavy atom. The van der Waals surface area contributed by atoms with Crippen molar-refractivity contribution >= 4 is 55.4 Å². The van der Waals surface area contributed by atoms with Crippen LogP contribution < -0.4 is 11.1 Å². The molecule has 0 unspecified atom stereocenters. The number of guanidine groups is 1. The van der Waals surface area contributed by atoms with E-state index in [4.69, 9.17) is 17.3 Å². The van der Waals surface area contributed by atoms with Gasteiger partial charge >= 0.3 is 0 Å². The molecule has 2 aromatic carbocycles. The summed E-state index contributed by atoms with van der Waals surface area (Å²) in [5.41, 5.74) is 7.03. The number of nitrogens with one attached hydrogen (secondary N) is 1. The van der Waals surface area contributed by atoms with E-state index >= 15 is 0 Å². The summed E-state index contributed by atoms with van der Waals surface area (Å²) in [6.07, 6.45) is 1.83. The van der Waals surface area contributed by atoms with Gasteiger partial charge in [-0.15, -0.1) is 15.7 Å². The van der Waals surface area contributed by atoms with E-state index in [1.807, 2.05) is 30.5 Å². The summed E-state index contributed by atoms with van der Waals surface area (Å²) in [5, 5.41) is 14.8. The van der Waals surface area contributed by atoms with E-state index in [0.29, 0.717) is 10.0 Å². The highest BCUT2D eigenvalue weighted by atomic mass is 35.5. The van der Waals surface area contributed by atoms with Crippen LogP contribution in [0.15, 0.2) is 75.5 Å². The Bertz CT molecular complexity index is 1330. The first-order valence-electron chi connectivity index (χ1n) is 8.36.